The molecule has 0 N–H and O–H groups in total. The van der Waals surface area contributed by atoms with Crippen LogP contribution >= 0.6 is 0 Å². The van der Waals surface area contributed by atoms with Crippen molar-refractivity contribution >= 4 is 43.1 Å². The van der Waals surface area contributed by atoms with Gasteiger partial charge < -0.3 is 9.80 Å². The smallest absolute Gasteiger partial charge is 0.285 e. The average molecular weight is 631 g/mol. The van der Waals surface area contributed by atoms with Gasteiger partial charge in [0.25, 0.3) is 20.0 Å². The Hall–Kier alpha value is -4.68. The third-order valence-electron chi connectivity index (χ3n) is 7.11. The van der Waals surface area contributed by atoms with Crippen LogP contribution in [0.4, 0.5) is 11.4 Å². The molecule has 0 spiro atoms. The van der Waals surface area contributed by atoms with Gasteiger partial charge >= 0.3 is 0 Å². The summed E-state index contributed by atoms with van der Waals surface area (Å²) < 4.78 is 58.4. The highest BCUT2D eigenvalue weighted by atomic mass is 32.2. The Bertz CT molecular complexity index is 1790. The fourth-order valence-corrected chi connectivity index (χ4v) is 6.92. The minimum Gasteiger partial charge on any atom is -0.378 e. The topological polar surface area (TPSA) is 106 Å². The molecule has 0 bridgehead atoms. The molecule has 0 atom stereocenters. The number of anilines is 2. The Morgan fingerprint density at radius 3 is 1.05 bits per heavy atom. The van der Waals surface area contributed by atoms with Crippen molar-refractivity contribution in [3.8, 4) is 0 Å². The van der Waals surface area contributed by atoms with Gasteiger partial charge in [0, 0.05) is 50.7 Å². The third-order valence-corrected chi connectivity index (χ3v) is 10.3. The lowest BCUT2D eigenvalue weighted by Crippen LogP contribution is -2.45. The van der Waals surface area contributed by atoms with Crippen molar-refractivity contribution in [3.63, 3.8) is 0 Å². The highest BCUT2D eigenvalue weighted by Gasteiger charge is 2.39. The van der Waals surface area contributed by atoms with Crippen LogP contribution in [-0.4, -0.2) is 65.5 Å². The van der Waals surface area contributed by atoms with Crippen molar-refractivity contribution in [1.82, 2.24) is 8.83 Å². The largest absolute Gasteiger partial charge is 0.378 e. The van der Waals surface area contributed by atoms with Crippen LogP contribution in [0.5, 0.6) is 0 Å². The summed E-state index contributed by atoms with van der Waals surface area (Å²) in [4.78, 5) is 3.77. The van der Waals surface area contributed by atoms with Crippen LogP contribution in [-0.2, 0) is 20.0 Å². The van der Waals surface area contributed by atoms with Gasteiger partial charge in [0.1, 0.15) is 0 Å². The summed E-state index contributed by atoms with van der Waals surface area (Å²) in [5.41, 5.74) is 4.23. The normalized spacial score (nSPS) is 13.8. The van der Waals surface area contributed by atoms with Crippen LogP contribution in [0.25, 0.3) is 0 Å². The standard InChI is InChI=1S/C32H34N6O4S2/c1-23-7-19-29(20-8-23)43(39,40)37-31(25-11-15-27(16-12-25)35(3)4)34-38(44(41,42)30-21-9-24(2)10-22-30)32(33-37)26-13-17-28(18-14-26)36(5)6/h7-22H,1-6H3. The van der Waals surface area contributed by atoms with Crippen molar-refractivity contribution in [2.24, 2.45) is 10.2 Å². The second-order valence-electron chi connectivity index (χ2n) is 10.9. The third kappa shape index (κ3) is 5.90. The number of rotatable bonds is 8. The number of benzene rings is 4. The molecule has 0 radical (unpaired) electrons. The molecule has 0 amide bonds. The zero-order chi connectivity index (χ0) is 31.8. The molecule has 0 saturated carbocycles. The molecule has 0 saturated heterocycles. The lowest BCUT2D eigenvalue weighted by atomic mass is 10.1. The molecule has 1 aliphatic rings. The first-order valence-corrected chi connectivity index (χ1v) is 16.6. The molecule has 228 valence electrons. The van der Waals surface area contributed by atoms with Crippen molar-refractivity contribution in [3.05, 3.63) is 119 Å². The summed E-state index contributed by atoms with van der Waals surface area (Å²) in [7, 11) is -1.12. The highest BCUT2D eigenvalue weighted by Crippen LogP contribution is 2.30. The van der Waals surface area contributed by atoms with Crippen LogP contribution in [0.3, 0.4) is 0 Å². The number of nitrogens with zero attached hydrogens (tertiary/aromatic N) is 6. The minimum atomic E-state index is -4.33. The van der Waals surface area contributed by atoms with Crippen molar-refractivity contribution in [2.75, 3.05) is 38.0 Å². The highest BCUT2D eigenvalue weighted by molar-refractivity contribution is 7.90. The summed E-state index contributed by atoms with van der Waals surface area (Å²) in [5.74, 6) is -0.333. The van der Waals surface area contributed by atoms with Crippen molar-refractivity contribution in [1.29, 1.82) is 0 Å². The monoisotopic (exact) mass is 630 g/mol. The predicted octanol–water partition coefficient (Wildman–Crippen LogP) is 4.85. The first kappa shape index (κ1) is 30.8. The molecule has 4 aromatic carbocycles. The second kappa shape index (κ2) is 11.8. The summed E-state index contributed by atoms with van der Waals surface area (Å²) in [6.45, 7) is 3.72. The first-order chi connectivity index (χ1) is 20.8. The molecule has 10 nitrogen and oxygen atoms in total. The van der Waals surface area contributed by atoms with E-state index in [1.165, 1.54) is 24.3 Å². The lowest BCUT2D eigenvalue weighted by molar-refractivity contribution is 0.488. The van der Waals surface area contributed by atoms with Gasteiger partial charge in [0.15, 0.2) is 11.7 Å². The summed E-state index contributed by atoms with van der Waals surface area (Å²) in [6, 6.07) is 26.7. The molecule has 1 heterocycles. The molecule has 0 aromatic heterocycles. The SMILES string of the molecule is Cc1ccc(S(=O)(=O)N2N=C(c3ccc(N(C)C)cc3)N(S(=O)(=O)c3ccc(C)cc3)N=C2c2ccc(N(C)C)cc2)cc1. The van der Waals surface area contributed by atoms with Gasteiger partial charge in [-0.05, 0) is 86.6 Å². The van der Waals surface area contributed by atoms with Gasteiger partial charge in [-0.15, -0.1) is 19.0 Å². The zero-order valence-electron chi connectivity index (χ0n) is 25.4. The van der Waals surface area contributed by atoms with Crippen LogP contribution in [0.15, 0.2) is 117 Å². The molecule has 0 aliphatic carbocycles. The first-order valence-electron chi connectivity index (χ1n) is 13.8. The van der Waals surface area contributed by atoms with Gasteiger partial charge in [-0.1, -0.05) is 35.4 Å². The fourth-order valence-electron chi connectivity index (χ4n) is 4.45. The van der Waals surface area contributed by atoms with E-state index in [1.807, 2.05) is 51.8 Å². The summed E-state index contributed by atoms with van der Waals surface area (Å²) >= 11 is 0. The minimum absolute atomic E-state index is 0.0124. The Morgan fingerprint density at radius 1 is 0.477 bits per heavy atom. The molecule has 5 rings (SSSR count). The zero-order valence-corrected chi connectivity index (χ0v) is 27.0. The van der Waals surface area contributed by atoms with E-state index in [0.717, 1.165) is 31.3 Å². The van der Waals surface area contributed by atoms with Gasteiger partial charge in [-0.25, -0.2) is 0 Å². The molecule has 4 aromatic rings. The molecule has 1 aliphatic heterocycles. The van der Waals surface area contributed by atoms with Gasteiger partial charge in [-0.3, -0.25) is 0 Å². The second-order valence-corrected chi connectivity index (χ2v) is 14.4. The number of amidine groups is 2. The van der Waals surface area contributed by atoms with Crippen LogP contribution < -0.4 is 9.80 Å². The Morgan fingerprint density at radius 2 is 0.773 bits per heavy atom. The number of aryl methyl sites for hydroxylation is 2. The Balaban J connectivity index is 1.77. The van der Waals surface area contributed by atoms with Gasteiger partial charge in [-0.2, -0.15) is 16.8 Å². The molecular formula is C32H34N6O4S2. The van der Waals surface area contributed by atoms with E-state index in [0.29, 0.717) is 11.1 Å². The molecule has 0 unspecified atom stereocenters. The van der Waals surface area contributed by atoms with E-state index < -0.39 is 20.0 Å². The van der Waals surface area contributed by atoms with E-state index in [2.05, 4.69) is 10.2 Å². The molecular weight excluding hydrogens is 597 g/mol. The predicted molar refractivity (Wildman–Crippen MR) is 175 cm³/mol. The quantitative estimate of drug-likeness (QED) is 0.276. The summed E-state index contributed by atoms with van der Waals surface area (Å²) in [5, 5.41) is 9.11. The van der Waals surface area contributed by atoms with E-state index in [9.17, 15) is 16.8 Å². The maximum absolute atomic E-state index is 14.2. The maximum atomic E-state index is 14.2. The van der Waals surface area contributed by atoms with Gasteiger partial charge in [0.05, 0.1) is 9.79 Å². The van der Waals surface area contributed by atoms with E-state index in [1.54, 1.807) is 72.8 Å². The maximum Gasteiger partial charge on any atom is 0.285 e. The van der Waals surface area contributed by atoms with Crippen LogP contribution in [0.2, 0.25) is 0 Å². The summed E-state index contributed by atoms with van der Waals surface area (Å²) in [6.07, 6.45) is 0. The Labute approximate surface area is 259 Å². The van der Waals surface area contributed by atoms with E-state index >= 15 is 0 Å². The average Bonchev–Trinajstić information content (AvgIpc) is 3.01. The van der Waals surface area contributed by atoms with Crippen molar-refractivity contribution < 1.29 is 16.8 Å². The Kier molecular flexibility index (Phi) is 8.23. The molecule has 12 heteroatoms. The number of hydrogen-bond acceptors (Lipinski definition) is 8. The van der Waals surface area contributed by atoms with E-state index in [4.69, 9.17) is 0 Å². The van der Waals surface area contributed by atoms with Gasteiger partial charge in [0.2, 0.25) is 0 Å². The van der Waals surface area contributed by atoms with Crippen LogP contribution in [0.1, 0.15) is 22.3 Å². The number of hydrazone groups is 2. The lowest BCUT2D eigenvalue weighted by Gasteiger charge is -2.31. The van der Waals surface area contributed by atoms with E-state index in [-0.39, 0.29) is 21.5 Å². The fraction of sp³-hybridized carbons (Fsp3) is 0.188. The number of hydrogen-bond donors (Lipinski definition) is 0. The molecule has 0 fully saturated rings. The van der Waals surface area contributed by atoms with Crippen molar-refractivity contribution in [2.45, 2.75) is 23.6 Å². The molecule has 44 heavy (non-hydrogen) atoms. The van der Waals surface area contributed by atoms with Crippen LogP contribution in [0, 0.1) is 13.8 Å². The number of sulfonamides is 2.